The van der Waals surface area contributed by atoms with Crippen molar-refractivity contribution in [1.82, 2.24) is 0 Å². The van der Waals surface area contributed by atoms with Gasteiger partial charge in [-0.2, -0.15) is 0 Å². The molecule has 0 radical (unpaired) electrons. The van der Waals surface area contributed by atoms with E-state index in [1.165, 1.54) is 11.0 Å². The summed E-state index contributed by atoms with van der Waals surface area (Å²) in [5, 5.41) is 10.6. The Morgan fingerprint density at radius 1 is 1.47 bits per heavy atom. The van der Waals surface area contributed by atoms with Crippen molar-refractivity contribution in [3.05, 3.63) is 34.1 Å². The van der Waals surface area contributed by atoms with Crippen LogP contribution < -0.4 is 10.6 Å². The predicted molar refractivity (Wildman–Crippen MR) is 58.0 cm³/mol. The lowest BCUT2D eigenvalue weighted by atomic mass is 10.2. The van der Waals surface area contributed by atoms with Gasteiger partial charge >= 0.3 is 0 Å². The third kappa shape index (κ3) is 2.23. The van der Waals surface area contributed by atoms with E-state index < -0.39 is 10.7 Å². The molecule has 1 aromatic rings. The molecule has 1 saturated heterocycles. The Bertz CT molecular complexity index is 492. The summed E-state index contributed by atoms with van der Waals surface area (Å²) >= 11 is 0. The van der Waals surface area contributed by atoms with Gasteiger partial charge in [-0.15, -0.1) is 0 Å². The summed E-state index contributed by atoms with van der Waals surface area (Å²) in [5.74, 6) is -1.00. The molecule has 1 heterocycles. The summed E-state index contributed by atoms with van der Waals surface area (Å²) in [4.78, 5) is 22.7. The number of carbonyl (C=O) groups excluding carboxylic acids is 1. The monoisotopic (exact) mass is 239 g/mol. The molecule has 1 aliphatic rings. The second-order valence-corrected chi connectivity index (χ2v) is 3.89. The SMILES string of the molecule is NC1CC(=O)N(c2cc(F)cc([N+](=O)[O-])c2)C1. The maximum Gasteiger partial charge on any atom is 0.274 e. The van der Waals surface area contributed by atoms with Gasteiger partial charge in [0.05, 0.1) is 16.7 Å². The van der Waals surface area contributed by atoms with Crippen LogP contribution in [0.5, 0.6) is 0 Å². The van der Waals surface area contributed by atoms with Crippen LogP contribution in [0.1, 0.15) is 6.42 Å². The van der Waals surface area contributed by atoms with E-state index in [0.29, 0.717) is 0 Å². The first-order chi connectivity index (χ1) is 7.97. The van der Waals surface area contributed by atoms with E-state index in [1.807, 2.05) is 0 Å². The smallest absolute Gasteiger partial charge is 0.274 e. The molecule has 2 rings (SSSR count). The number of benzene rings is 1. The molecular weight excluding hydrogens is 229 g/mol. The molecule has 0 aliphatic carbocycles. The Morgan fingerprint density at radius 2 is 2.18 bits per heavy atom. The van der Waals surface area contributed by atoms with Gasteiger partial charge < -0.3 is 10.6 Å². The molecule has 90 valence electrons. The van der Waals surface area contributed by atoms with Crippen molar-refractivity contribution in [3.63, 3.8) is 0 Å². The van der Waals surface area contributed by atoms with Crippen LogP contribution in [0.3, 0.4) is 0 Å². The molecule has 17 heavy (non-hydrogen) atoms. The van der Waals surface area contributed by atoms with Gasteiger partial charge in [0, 0.05) is 25.1 Å². The molecule has 0 saturated carbocycles. The Balaban J connectivity index is 2.39. The van der Waals surface area contributed by atoms with E-state index in [4.69, 9.17) is 5.73 Å². The van der Waals surface area contributed by atoms with Gasteiger partial charge in [-0.05, 0) is 6.07 Å². The summed E-state index contributed by atoms with van der Waals surface area (Å²) in [7, 11) is 0. The zero-order chi connectivity index (χ0) is 12.6. The highest BCUT2D eigenvalue weighted by Crippen LogP contribution is 2.26. The van der Waals surface area contributed by atoms with Crippen LogP contribution in [-0.2, 0) is 4.79 Å². The van der Waals surface area contributed by atoms with Crippen LogP contribution in [-0.4, -0.2) is 23.4 Å². The Labute approximate surface area is 96.0 Å². The molecule has 0 spiro atoms. The number of nitrogens with two attached hydrogens (primary N) is 1. The number of halogens is 1. The highest BCUT2D eigenvalue weighted by molar-refractivity contribution is 5.96. The first-order valence-corrected chi connectivity index (χ1v) is 4.98. The molecule has 7 heteroatoms. The lowest BCUT2D eigenvalue weighted by Gasteiger charge is -2.15. The predicted octanol–water partition coefficient (Wildman–Crippen LogP) is 0.798. The summed E-state index contributed by atoms with van der Waals surface area (Å²) in [6.45, 7) is 0.249. The molecular formula is C10H10FN3O3. The number of nitrogens with zero attached hydrogens (tertiary/aromatic N) is 2. The summed E-state index contributed by atoms with van der Waals surface area (Å²) in [5.41, 5.74) is 5.39. The van der Waals surface area contributed by atoms with Crippen LogP contribution in [0.25, 0.3) is 0 Å². The molecule has 1 amide bonds. The van der Waals surface area contributed by atoms with Crippen molar-refractivity contribution in [2.75, 3.05) is 11.4 Å². The van der Waals surface area contributed by atoms with Gasteiger partial charge in [-0.25, -0.2) is 4.39 Å². The normalized spacial score (nSPS) is 19.8. The quantitative estimate of drug-likeness (QED) is 0.610. The Kier molecular flexibility index (Phi) is 2.76. The van der Waals surface area contributed by atoms with Crippen molar-refractivity contribution in [2.24, 2.45) is 5.73 Å². The van der Waals surface area contributed by atoms with Gasteiger partial charge in [0.2, 0.25) is 5.91 Å². The van der Waals surface area contributed by atoms with Crippen LogP contribution in [0.2, 0.25) is 0 Å². The number of nitro groups is 1. The maximum atomic E-state index is 13.2. The third-order valence-corrected chi connectivity index (χ3v) is 2.54. The number of hydrogen-bond acceptors (Lipinski definition) is 4. The molecule has 6 nitrogen and oxygen atoms in total. The van der Waals surface area contributed by atoms with Crippen molar-refractivity contribution in [2.45, 2.75) is 12.5 Å². The zero-order valence-electron chi connectivity index (χ0n) is 8.80. The van der Waals surface area contributed by atoms with Crippen molar-refractivity contribution < 1.29 is 14.1 Å². The Hall–Kier alpha value is -2.02. The molecule has 0 bridgehead atoms. The number of non-ortho nitro benzene ring substituents is 1. The fraction of sp³-hybridized carbons (Fsp3) is 0.300. The number of nitro benzene ring substituents is 1. The maximum absolute atomic E-state index is 13.2. The van der Waals surface area contributed by atoms with Gasteiger partial charge in [-0.1, -0.05) is 0 Å². The highest BCUT2D eigenvalue weighted by atomic mass is 19.1. The molecule has 1 aliphatic heterocycles. The topological polar surface area (TPSA) is 89.5 Å². The van der Waals surface area contributed by atoms with Gasteiger partial charge in [0.15, 0.2) is 0 Å². The first-order valence-electron chi connectivity index (χ1n) is 4.98. The molecule has 2 N–H and O–H groups in total. The van der Waals surface area contributed by atoms with Crippen molar-refractivity contribution in [3.8, 4) is 0 Å². The number of rotatable bonds is 2. The van der Waals surface area contributed by atoms with E-state index >= 15 is 0 Å². The minimum Gasteiger partial charge on any atom is -0.326 e. The Morgan fingerprint density at radius 3 is 2.71 bits per heavy atom. The number of hydrogen-bond donors (Lipinski definition) is 1. The summed E-state index contributed by atoms with van der Waals surface area (Å²) in [6, 6.07) is 2.75. The van der Waals surface area contributed by atoms with Crippen molar-refractivity contribution in [1.29, 1.82) is 0 Å². The second kappa shape index (κ2) is 4.10. The number of amides is 1. The average Bonchev–Trinajstić information content (AvgIpc) is 2.57. The van der Waals surface area contributed by atoms with Crippen LogP contribution in [0.15, 0.2) is 18.2 Å². The lowest BCUT2D eigenvalue weighted by molar-refractivity contribution is -0.385. The minimum absolute atomic E-state index is 0.171. The summed E-state index contributed by atoms with van der Waals surface area (Å²) < 4.78 is 13.2. The van der Waals surface area contributed by atoms with Crippen LogP contribution >= 0.6 is 0 Å². The van der Waals surface area contributed by atoms with Gasteiger partial charge in [-0.3, -0.25) is 14.9 Å². The molecule has 0 aromatic heterocycles. The third-order valence-electron chi connectivity index (χ3n) is 2.54. The fourth-order valence-corrected chi connectivity index (χ4v) is 1.81. The van der Waals surface area contributed by atoms with E-state index in [0.717, 1.165) is 12.1 Å². The molecule has 1 atom stereocenters. The standard InChI is InChI=1S/C10H10FN3O3/c11-6-1-8(4-9(2-6)14(16)17)13-5-7(12)3-10(13)15/h1-2,4,7H,3,5,12H2. The largest absolute Gasteiger partial charge is 0.326 e. The van der Waals surface area contributed by atoms with Crippen LogP contribution in [0, 0.1) is 15.9 Å². The minimum atomic E-state index is -0.748. The van der Waals surface area contributed by atoms with E-state index in [9.17, 15) is 19.3 Å². The second-order valence-electron chi connectivity index (χ2n) is 3.89. The molecule has 1 aromatic carbocycles. The van der Waals surface area contributed by atoms with E-state index in [-0.39, 0.29) is 36.3 Å². The molecule has 1 unspecified atom stereocenters. The van der Waals surface area contributed by atoms with Crippen LogP contribution in [0.4, 0.5) is 15.8 Å². The highest BCUT2D eigenvalue weighted by Gasteiger charge is 2.29. The van der Waals surface area contributed by atoms with E-state index in [1.54, 1.807) is 0 Å². The fourth-order valence-electron chi connectivity index (χ4n) is 1.81. The van der Waals surface area contributed by atoms with Crippen molar-refractivity contribution >= 4 is 17.3 Å². The molecule has 1 fully saturated rings. The number of carbonyl (C=O) groups is 1. The first kappa shape index (κ1) is 11.5. The lowest BCUT2D eigenvalue weighted by Crippen LogP contribution is -2.28. The number of anilines is 1. The summed E-state index contributed by atoms with van der Waals surface area (Å²) in [6.07, 6.45) is 0.171. The average molecular weight is 239 g/mol. The van der Waals surface area contributed by atoms with Gasteiger partial charge in [0.25, 0.3) is 5.69 Å². The zero-order valence-corrected chi connectivity index (χ0v) is 8.80. The van der Waals surface area contributed by atoms with Gasteiger partial charge in [0.1, 0.15) is 5.82 Å². The van der Waals surface area contributed by atoms with E-state index in [2.05, 4.69) is 0 Å².